The Balaban J connectivity index is 2.31. The molecule has 3 heteroatoms. The minimum absolute atomic E-state index is 0.718. The van der Waals surface area contributed by atoms with E-state index in [0.717, 1.165) is 17.4 Å². The van der Waals surface area contributed by atoms with Crippen LogP contribution in [-0.2, 0) is 6.42 Å². The molecule has 0 aliphatic heterocycles. The minimum atomic E-state index is 0.718. The molecule has 84 valence electrons. The van der Waals surface area contributed by atoms with Crippen molar-refractivity contribution in [2.45, 2.75) is 13.3 Å². The highest BCUT2D eigenvalue weighted by atomic mass is 79.9. The lowest BCUT2D eigenvalue weighted by Crippen LogP contribution is -2.01. The van der Waals surface area contributed by atoms with Gasteiger partial charge in [-0.1, -0.05) is 22.0 Å². The van der Waals surface area contributed by atoms with Crippen molar-refractivity contribution in [3.63, 3.8) is 0 Å². The van der Waals surface area contributed by atoms with Crippen LogP contribution in [0, 0.1) is 6.92 Å². The molecule has 0 aliphatic carbocycles. The van der Waals surface area contributed by atoms with Crippen LogP contribution in [0.25, 0.3) is 10.4 Å². The number of hydrogen-bond acceptors (Lipinski definition) is 2. The van der Waals surface area contributed by atoms with Crippen LogP contribution in [0.1, 0.15) is 11.1 Å². The average Bonchev–Trinajstić information content (AvgIpc) is 2.71. The molecule has 1 nitrogen and oxygen atoms in total. The van der Waals surface area contributed by atoms with Gasteiger partial charge >= 0.3 is 0 Å². The number of rotatable bonds is 3. The summed E-state index contributed by atoms with van der Waals surface area (Å²) in [6, 6.07) is 8.70. The Hall–Kier alpha value is -0.640. The fourth-order valence-corrected chi connectivity index (χ4v) is 2.82. The Morgan fingerprint density at radius 1 is 1.31 bits per heavy atom. The third-order valence-corrected chi connectivity index (χ3v) is 4.45. The zero-order valence-electron chi connectivity index (χ0n) is 9.16. The largest absolute Gasteiger partial charge is 0.330 e. The molecule has 0 saturated carbocycles. The van der Waals surface area contributed by atoms with Gasteiger partial charge in [0.2, 0.25) is 0 Å². The maximum atomic E-state index is 5.55. The third kappa shape index (κ3) is 2.54. The lowest BCUT2D eigenvalue weighted by molar-refractivity contribution is 0.974. The van der Waals surface area contributed by atoms with E-state index in [0.29, 0.717) is 0 Å². The van der Waals surface area contributed by atoms with E-state index in [1.165, 1.54) is 21.6 Å². The smallest absolute Gasteiger partial charge is 0.0345 e. The molecule has 2 N–H and O–H groups in total. The Bertz CT molecular complexity index is 490. The van der Waals surface area contributed by atoms with Crippen LogP contribution in [0.3, 0.4) is 0 Å². The second kappa shape index (κ2) is 5.13. The molecule has 1 heterocycles. The lowest BCUT2D eigenvalue weighted by Gasteiger charge is -2.01. The van der Waals surface area contributed by atoms with Gasteiger partial charge in [0.05, 0.1) is 0 Å². The van der Waals surface area contributed by atoms with E-state index >= 15 is 0 Å². The van der Waals surface area contributed by atoms with Crippen molar-refractivity contribution in [2.24, 2.45) is 5.73 Å². The Morgan fingerprint density at radius 3 is 2.81 bits per heavy atom. The van der Waals surface area contributed by atoms with E-state index < -0.39 is 0 Å². The second-order valence-electron chi connectivity index (χ2n) is 3.82. The van der Waals surface area contributed by atoms with Gasteiger partial charge in [-0.05, 0) is 60.2 Å². The normalized spacial score (nSPS) is 10.7. The molecule has 16 heavy (non-hydrogen) atoms. The topological polar surface area (TPSA) is 26.0 Å². The van der Waals surface area contributed by atoms with Crippen molar-refractivity contribution in [1.82, 2.24) is 0 Å². The molecule has 2 aromatic rings. The van der Waals surface area contributed by atoms with E-state index in [-0.39, 0.29) is 0 Å². The van der Waals surface area contributed by atoms with Gasteiger partial charge in [0.25, 0.3) is 0 Å². The van der Waals surface area contributed by atoms with Crippen molar-refractivity contribution in [1.29, 1.82) is 0 Å². The summed E-state index contributed by atoms with van der Waals surface area (Å²) in [6.45, 7) is 2.83. The predicted molar refractivity (Wildman–Crippen MR) is 75.0 cm³/mol. The molecule has 0 atom stereocenters. The van der Waals surface area contributed by atoms with Crippen LogP contribution in [0.4, 0.5) is 0 Å². The Kier molecular flexibility index (Phi) is 3.79. The zero-order valence-corrected chi connectivity index (χ0v) is 11.6. The lowest BCUT2D eigenvalue weighted by atomic mass is 10.1. The molecule has 0 bridgehead atoms. The Morgan fingerprint density at radius 2 is 2.12 bits per heavy atom. The van der Waals surface area contributed by atoms with E-state index in [9.17, 15) is 0 Å². The Labute approximate surface area is 108 Å². The van der Waals surface area contributed by atoms with E-state index in [1.807, 2.05) is 0 Å². The zero-order chi connectivity index (χ0) is 11.5. The second-order valence-corrected chi connectivity index (χ2v) is 5.59. The molecule has 1 aromatic carbocycles. The monoisotopic (exact) mass is 295 g/mol. The molecule has 0 aliphatic rings. The summed E-state index contributed by atoms with van der Waals surface area (Å²) in [6.07, 6.45) is 0.964. The standard InChI is InChI=1S/C13H14BrNS/c1-9-6-11(2-3-12(9)14)13-7-10(4-5-15)8-16-13/h2-3,6-8H,4-5,15H2,1H3. The van der Waals surface area contributed by atoms with Crippen LogP contribution in [0.2, 0.25) is 0 Å². The van der Waals surface area contributed by atoms with Crippen molar-refractivity contribution < 1.29 is 0 Å². The molecular formula is C13H14BrNS. The highest BCUT2D eigenvalue weighted by molar-refractivity contribution is 9.10. The first-order valence-corrected chi connectivity index (χ1v) is 6.92. The summed E-state index contributed by atoms with van der Waals surface area (Å²) in [5.41, 5.74) is 9.44. The maximum absolute atomic E-state index is 5.55. The number of nitrogens with two attached hydrogens (primary N) is 1. The maximum Gasteiger partial charge on any atom is 0.0345 e. The number of aryl methyl sites for hydroxylation is 1. The summed E-state index contributed by atoms with van der Waals surface area (Å²) < 4.78 is 1.16. The molecule has 2 rings (SSSR count). The van der Waals surface area contributed by atoms with Gasteiger partial charge in [-0.25, -0.2) is 0 Å². The van der Waals surface area contributed by atoms with Gasteiger partial charge in [-0.2, -0.15) is 0 Å². The molecule has 0 fully saturated rings. The molecular weight excluding hydrogens is 282 g/mol. The number of thiophene rings is 1. The van der Waals surface area contributed by atoms with Crippen molar-refractivity contribution in [2.75, 3.05) is 6.54 Å². The van der Waals surface area contributed by atoms with Gasteiger partial charge in [0, 0.05) is 9.35 Å². The first kappa shape index (κ1) is 11.8. The quantitative estimate of drug-likeness (QED) is 0.910. The van der Waals surface area contributed by atoms with E-state index in [1.54, 1.807) is 11.3 Å². The summed E-state index contributed by atoms with van der Waals surface area (Å²) in [7, 11) is 0. The molecule has 1 aromatic heterocycles. The molecule has 0 amide bonds. The predicted octanol–water partition coefficient (Wildman–Crippen LogP) is 3.99. The van der Waals surface area contributed by atoms with Crippen LogP contribution in [0.15, 0.2) is 34.1 Å². The van der Waals surface area contributed by atoms with Gasteiger partial charge < -0.3 is 5.73 Å². The molecule has 0 radical (unpaired) electrons. The number of halogens is 1. The van der Waals surface area contributed by atoms with Crippen LogP contribution < -0.4 is 5.73 Å². The van der Waals surface area contributed by atoms with E-state index in [4.69, 9.17) is 5.73 Å². The fourth-order valence-electron chi connectivity index (χ4n) is 1.62. The molecule has 0 spiro atoms. The summed E-state index contributed by atoms with van der Waals surface area (Å²) in [5.74, 6) is 0. The van der Waals surface area contributed by atoms with Crippen molar-refractivity contribution in [3.05, 3.63) is 45.2 Å². The first-order valence-electron chi connectivity index (χ1n) is 5.24. The van der Waals surface area contributed by atoms with Gasteiger partial charge in [-0.15, -0.1) is 11.3 Å². The fraction of sp³-hybridized carbons (Fsp3) is 0.231. The van der Waals surface area contributed by atoms with Crippen LogP contribution in [-0.4, -0.2) is 6.54 Å². The summed E-state index contributed by atoms with van der Waals surface area (Å²) in [5, 5.41) is 2.19. The molecule has 0 unspecified atom stereocenters. The SMILES string of the molecule is Cc1cc(-c2cc(CCN)cs2)ccc1Br. The third-order valence-electron chi connectivity index (χ3n) is 2.53. The summed E-state index contributed by atoms with van der Waals surface area (Å²) >= 11 is 5.31. The van der Waals surface area contributed by atoms with E-state index in [2.05, 4.69) is 52.5 Å². The number of benzene rings is 1. The van der Waals surface area contributed by atoms with Gasteiger partial charge in [-0.3, -0.25) is 0 Å². The number of hydrogen-bond donors (Lipinski definition) is 1. The van der Waals surface area contributed by atoms with Crippen molar-refractivity contribution in [3.8, 4) is 10.4 Å². The van der Waals surface area contributed by atoms with Crippen LogP contribution in [0.5, 0.6) is 0 Å². The van der Waals surface area contributed by atoms with Crippen LogP contribution >= 0.6 is 27.3 Å². The van der Waals surface area contributed by atoms with Gasteiger partial charge in [0.15, 0.2) is 0 Å². The minimum Gasteiger partial charge on any atom is -0.330 e. The summed E-state index contributed by atoms with van der Waals surface area (Å²) in [4.78, 5) is 1.32. The first-order chi connectivity index (χ1) is 7.70. The highest BCUT2D eigenvalue weighted by Crippen LogP contribution is 2.30. The van der Waals surface area contributed by atoms with Crippen molar-refractivity contribution >= 4 is 27.3 Å². The highest BCUT2D eigenvalue weighted by Gasteiger charge is 2.03. The van der Waals surface area contributed by atoms with Gasteiger partial charge in [0.1, 0.15) is 0 Å². The average molecular weight is 296 g/mol. The molecule has 0 saturated heterocycles.